The van der Waals surface area contributed by atoms with Gasteiger partial charge in [0.25, 0.3) is 0 Å². The number of benzene rings is 4. The van der Waals surface area contributed by atoms with E-state index in [1.54, 1.807) is 24.3 Å². The number of nitrogens with zero attached hydrogens (tertiary/aromatic N) is 1. The zero-order valence-electron chi connectivity index (χ0n) is 18.9. The van der Waals surface area contributed by atoms with Gasteiger partial charge >= 0.3 is 5.97 Å². The molecular weight excluding hydrogens is 434 g/mol. The fourth-order valence-corrected chi connectivity index (χ4v) is 5.16. The fraction of sp³-hybridized carbons (Fsp3) is 0.148. The first-order valence-electron chi connectivity index (χ1n) is 10.6. The molecule has 0 aliphatic rings. The van der Waals surface area contributed by atoms with Gasteiger partial charge in [-0.05, 0) is 84.7 Å². The number of hydrogen-bond acceptors (Lipinski definition) is 3. The highest BCUT2D eigenvalue weighted by atomic mass is 32.2. The zero-order chi connectivity index (χ0) is 23.9. The summed E-state index contributed by atoms with van der Waals surface area (Å²) >= 11 is 0. The van der Waals surface area contributed by atoms with Gasteiger partial charge in [0.1, 0.15) is 0 Å². The van der Waals surface area contributed by atoms with Crippen molar-refractivity contribution < 1.29 is 18.3 Å². The Morgan fingerprint density at radius 1 is 0.788 bits per heavy atom. The summed E-state index contributed by atoms with van der Waals surface area (Å²) in [6, 6.07) is 20.1. The van der Waals surface area contributed by atoms with Gasteiger partial charge < -0.3 is 5.11 Å². The lowest BCUT2D eigenvalue weighted by atomic mass is 9.95. The molecule has 0 saturated heterocycles. The molecule has 5 nitrogen and oxygen atoms in total. The van der Waals surface area contributed by atoms with E-state index < -0.39 is 16.9 Å². The van der Waals surface area contributed by atoms with Crippen molar-refractivity contribution >= 4 is 39.0 Å². The molecule has 0 atom stereocenters. The number of aryl methyl sites for hydroxylation is 2. The Kier molecular flexibility index (Phi) is 5.95. The summed E-state index contributed by atoms with van der Waals surface area (Å²) in [6.45, 7) is 7.85. The molecule has 0 unspecified atom stereocenters. The Balaban J connectivity index is 2.01. The van der Waals surface area contributed by atoms with Crippen LogP contribution in [0.5, 0.6) is 0 Å². The average Bonchev–Trinajstić information content (AvgIpc) is 2.80. The minimum absolute atomic E-state index is 0.200. The largest absolute Gasteiger partial charge is 0.478 e. The van der Waals surface area contributed by atoms with E-state index in [-0.39, 0.29) is 5.56 Å². The first-order chi connectivity index (χ1) is 15.7. The SMILES string of the molecule is Cc1cc(C)c(C)c(N(c2ccc(-c3cccc(C(=O)O)c3)c3ccccc23)[SH](=O)=O)c1C. The van der Waals surface area contributed by atoms with Crippen molar-refractivity contribution in [1.29, 1.82) is 0 Å². The number of fused-ring (bicyclic) bond motifs is 1. The van der Waals surface area contributed by atoms with Crippen LogP contribution in [0.3, 0.4) is 0 Å². The Bertz CT molecular complexity index is 1450. The number of thiol groups is 1. The highest BCUT2D eigenvalue weighted by Gasteiger charge is 2.22. The molecule has 0 amide bonds. The van der Waals surface area contributed by atoms with Crippen LogP contribution in [0.1, 0.15) is 32.6 Å². The average molecular weight is 460 g/mol. The molecule has 0 heterocycles. The molecule has 0 aliphatic heterocycles. The number of anilines is 2. The molecule has 0 bridgehead atoms. The van der Waals surface area contributed by atoms with Crippen molar-refractivity contribution in [2.24, 2.45) is 0 Å². The summed E-state index contributed by atoms with van der Waals surface area (Å²) in [5.41, 5.74) is 6.93. The van der Waals surface area contributed by atoms with Crippen LogP contribution in [0.15, 0.2) is 66.7 Å². The first-order valence-corrected chi connectivity index (χ1v) is 11.7. The molecule has 0 fully saturated rings. The molecule has 4 rings (SSSR count). The van der Waals surface area contributed by atoms with Gasteiger partial charge in [0.2, 0.25) is 10.9 Å². The number of hydrogen-bond donors (Lipinski definition) is 2. The van der Waals surface area contributed by atoms with Crippen LogP contribution in [0.25, 0.3) is 21.9 Å². The maximum absolute atomic E-state index is 12.6. The van der Waals surface area contributed by atoms with Gasteiger partial charge in [-0.3, -0.25) is 0 Å². The van der Waals surface area contributed by atoms with Gasteiger partial charge in [0.05, 0.1) is 16.9 Å². The van der Waals surface area contributed by atoms with Gasteiger partial charge in [-0.2, -0.15) is 0 Å². The second kappa shape index (κ2) is 8.71. The molecule has 0 saturated carbocycles. The normalized spacial score (nSPS) is 11.2. The van der Waals surface area contributed by atoms with Crippen molar-refractivity contribution in [3.8, 4) is 11.1 Å². The first kappa shape index (κ1) is 22.6. The van der Waals surface area contributed by atoms with E-state index in [1.165, 1.54) is 4.31 Å². The van der Waals surface area contributed by atoms with Crippen LogP contribution in [0.2, 0.25) is 0 Å². The highest BCUT2D eigenvalue weighted by molar-refractivity contribution is 7.74. The quantitative estimate of drug-likeness (QED) is 0.354. The Labute approximate surface area is 195 Å². The van der Waals surface area contributed by atoms with Gasteiger partial charge in [0, 0.05) is 5.39 Å². The molecule has 4 aromatic rings. The van der Waals surface area contributed by atoms with Crippen LogP contribution < -0.4 is 4.31 Å². The van der Waals surface area contributed by atoms with Crippen molar-refractivity contribution in [3.63, 3.8) is 0 Å². The zero-order valence-corrected chi connectivity index (χ0v) is 19.8. The van der Waals surface area contributed by atoms with E-state index in [4.69, 9.17) is 0 Å². The molecule has 0 aliphatic carbocycles. The van der Waals surface area contributed by atoms with E-state index in [0.29, 0.717) is 11.4 Å². The van der Waals surface area contributed by atoms with Crippen LogP contribution in [-0.2, 0) is 10.9 Å². The number of carbonyl (C=O) groups is 1. The van der Waals surface area contributed by atoms with Gasteiger partial charge in [-0.15, -0.1) is 0 Å². The summed E-state index contributed by atoms with van der Waals surface area (Å²) in [5, 5.41) is 11.0. The molecule has 33 heavy (non-hydrogen) atoms. The third-order valence-corrected chi connectivity index (χ3v) is 6.99. The predicted octanol–water partition coefficient (Wildman–Crippen LogP) is 6.10. The second-order valence-electron chi connectivity index (χ2n) is 8.22. The summed E-state index contributed by atoms with van der Waals surface area (Å²) in [7, 11) is -2.97. The smallest absolute Gasteiger partial charge is 0.335 e. The van der Waals surface area contributed by atoms with E-state index in [0.717, 1.165) is 44.2 Å². The van der Waals surface area contributed by atoms with Crippen molar-refractivity contribution in [2.45, 2.75) is 27.7 Å². The highest BCUT2D eigenvalue weighted by Crippen LogP contribution is 2.41. The topological polar surface area (TPSA) is 74.7 Å². The molecule has 0 spiro atoms. The number of aromatic carboxylic acids is 1. The van der Waals surface area contributed by atoms with E-state index >= 15 is 0 Å². The summed E-state index contributed by atoms with van der Waals surface area (Å²) < 4.78 is 26.7. The monoisotopic (exact) mass is 459 g/mol. The molecule has 4 aromatic carbocycles. The van der Waals surface area contributed by atoms with Gasteiger partial charge in [-0.1, -0.05) is 48.5 Å². The molecule has 1 N–H and O–H groups in total. The predicted molar refractivity (Wildman–Crippen MR) is 134 cm³/mol. The number of carboxylic acids is 1. The lowest BCUT2D eigenvalue weighted by Crippen LogP contribution is -2.18. The minimum Gasteiger partial charge on any atom is -0.478 e. The molecule has 0 radical (unpaired) electrons. The second-order valence-corrected chi connectivity index (χ2v) is 9.10. The maximum atomic E-state index is 12.6. The van der Waals surface area contributed by atoms with E-state index in [2.05, 4.69) is 6.07 Å². The standard InChI is InChI=1S/C27H25NO4S/c1-16-14-17(2)19(4)26(18(16)3)28(33(31)32)25-13-12-22(23-10-5-6-11-24(23)25)20-8-7-9-21(15-20)27(29)30/h5-15,33H,1-4H3,(H,29,30). The number of carboxylic acid groups (broad SMARTS) is 1. The van der Waals surface area contributed by atoms with Gasteiger partial charge in [0.15, 0.2) is 0 Å². The third-order valence-electron chi connectivity index (χ3n) is 6.25. The van der Waals surface area contributed by atoms with Crippen molar-refractivity contribution in [3.05, 3.63) is 94.5 Å². The lowest BCUT2D eigenvalue weighted by molar-refractivity contribution is 0.0697. The van der Waals surface area contributed by atoms with E-state index in [1.807, 2.05) is 64.1 Å². The maximum Gasteiger partial charge on any atom is 0.335 e. The van der Waals surface area contributed by atoms with Crippen molar-refractivity contribution in [1.82, 2.24) is 0 Å². The molecule has 6 heteroatoms. The van der Waals surface area contributed by atoms with Crippen LogP contribution in [0.4, 0.5) is 11.4 Å². The number of rotatable bonds is 5. The van der Waals surface area contributed by atoms with Crippen molar-refractivity contribution in [2.75, 3.05) is 4.31 Å². The molecule has 168 valence electrons. The lowest BCUT2D eigenvalue weighted by Gasteiger charge is -2.26. The summed E-state index contributed by atoms with van der Waals surface area (Å²) in [6.07, 6.45) is 0. The Morgan fingerprint density at radius 2 is 1.42 bits per heavy atom. The molecular formula is C27H25NO4S. The fourth-order valence-electron chi connectivity index (χ4n) is 4.34. The summed E-state index contributed by atoms with van der Waals surface area (Å²) in [4.78, 5) is 11.5. The van der Waals surface area contributed by atoms with Crippen LogP contribution in [0, 0.1) is 27.7 Å². The third kappa shape index (κ3) is 3.98. The molecule has 0 aromatic heterocycles. The Hall–Kier alpha value is -3.64. The van der Waals surface area contributed by atoms with Gasteiger partial charge in [-0.25, -0.2) is 17.5 Å². The van der Waals surface area contributed by atoms with E-state index in [9.17, 15) is 18.3 Å². The van der Waals surface area contributed by atoms with Crippen LogP contribution >= 0.6 is 0 Å². The van der Waals surface area contributed by atoms with Crippen LogP contribution in [-0.4, -0.2) is 19.5 Å². The Morgan fingerprint density at radius 3 is 2.03 bits per heavy atom. The minimum atomic E-state index is -2.97. The summed E-state index contributed by atoms with van der Waals surface area (Å²) in [5.74, 6) is -0.993.